The van der Waals surface area contributed by atoms with Crippen LogP contribution in [0.1, 0.15) is 58.9 Å². The zero-order valence-corrected chi connectivity index (χ0v) is 25.1. The SMILES string of the molecule is C=CC(=O)CC[C@H](NC(=O)OCc1ccc(NC(=O)[C@H](CCCNC(N)=O)NC(=O)C(N)C(C)C)cc1)C(=O)OC(C)C. The van der Waals surface area contributed by atoms with Crippen molar-refractivity contribution in [3.63, 3.8) is 0 Å². The van der Waals surface area contributed by atoms with Crippen molar-refractivity contribution in [1.29, 1.82) is 0 Å². The van der Waals surface area contributed by atoms with Gasteiger partial charge in [0.25, 0.3) is 0 Å². The van der Waals surface area contributed by atoms with Gasteiger partial charge in [-0.05, 0) is 62.8 Å². The Morgan fingerprint density at radius 3 is 2.14 bits per heavy atom. The number of carbonyl (C=O) groups excluding carboxylic acids is 6. The fraction of sp³-hybridized carbons (Fsp3) is 0.517. The van der Waals surface area contributed by atoms with E-state index in [1.165, 1.54) is 0 Å². The van der Waals surface area contributed by atoms with Crippen LogP contribution in [-0.2, 0) is 35.3 Å². The first-order valence-electron chi connectivity index (χ1n) is 14.0. The maximum Gasteiger partial charge on any atom is 0.408 e. The lowest BCUT2D eigenvalue weighted by atomic mass is 10.0. The Hall–Kier alpha value is -4.46. The molecule has 1 aromatic carbocycles. The molecule has 5 amide bonds. The Morgan fingerprint density at radius 2 is 1.58 bits per heavy atom. The van der Waals surface area contributed by atoms with Crippen LogP contribution < -0.4 is 32.7 Å². The number of urea groups is 1. The minimum Gasteiger partial charge on any atom is -0.461 e. The summed E-state index contributed by atoms with van der Waals surface area (Å²) in [5.41, 5.74) is 12.0. The second kappa shape index (κ2) is 18.9. The number of benzene rings is 1. The van der Waals surface area contributed by atoms with E-state index in [1.807, 2.05) is 0 Å². The molecular formula is C29H44N6O8. The predicted octanol–water partition coefficient (Wildman–Crippen LogP) is 1.62. The molecule has 1 aromatic rings. The van der Waals surface area contributed by atoms with Crippen LogP contribution >= 0.6 is 0 Å². The van der Waals surface area contributed by atoms with Crippen molar-refractivity contribution in [2.45, 2.75) is 84.2 Å². The first kappa shape index (κ1) is 36.6. The molecule has 238 valence electrons. The topological polar surface area (TPSA) is 221 Å². The van der Waals surface area contributed by atoms with Gasteiger partial charge in [-0.1, -0.05) is 32.6 Å². The van der Waals surface area contributed by atoms with Crippen molar-refractivity contribution in [1.82, 2.24) is 16.0 Å². The fourth-order valence-electron chi connectivity index (χ4n) is 3.56. The fourth-order valence-corrected chi connectivity index (χ4v) is 3.56. The number of nitrogens with one attached hydrogen (secondary N) is 4. The molecule has 0 radical (unpaired) electrons. The molecule has 0 fully saturated rings. The molecule has 0 spiro atoms. The number of ketones is 1. The highest BCUT2D eigenvalue weighted by atomic mass is 16.6. The van der Waals surface area contributed by atoms with Crippen molar-refractivity contribution in [3.05, 3.63) is 42.5 Å². The number of alkyl carbamates (subject to hydrolysis) is 1. The van der Waals surface area contributed by atoms with E-state index < -0.39 is 54.1 Å². The standard InChI is InChI=1S/C29H44N6O8/c1-6-21(36)13-14-23(27(39)43-18(4)5)35-29(41)42-16-19-9-11-20(12-10-19)33-25(37)22(8-7-15-32-28(31)40)34-26(38)24(30)17(2)3/h6,9-12,17-18,22-24H,1,7-8,13-16,30H2,2-5H3,(H,33,37)(H,34,38)(H,35,41)(H3,31,32,40)/t22-,23-,24?/m0/s1. The molecule has 0 saturated carbocycles. The van der Waals surface area contributed by atoms with Crippen LogP contribution in [0.5, 0.6) is 0 Å². The molecular weight excluding hydrogens is 560 g/mol. The van der Waals surface area contributed by atoms with Gasteiger partial charge in [0.1, 0.15) is 18.7 Å². The van der Waals surface area contributed by atoms with Gasteiger partial charge >= 0.3 is 18.1 Å². The van der Waals surface area contributed by atoms with Crippen LogP contribution in [0.25, 0.3) is 0 Å². The summed E-state index contributed by atoms with van der Waals surface area (Å²) in [6.45, 7) is 10.4. The van der Waals surface area contributed by atoms with Crippen LogP contribution in [0.2, 0.25) is 0 Å². The van der Waals surface area contributed by atoms with Gasteiger partial charge in [-0.2, -0.15) is 0 Å². The number of primary amides is 1. The molecule has 8 N–H and O–H groups in total. The van der Waals surface area contributed by atoms with Gasteiger partial charge in [0.05, 0.1) is 12.1 Å². The Kier molecular flexibility index (Phi) is 16.0. The summed E-state index contributed by atoms with van der Waals surface area (Å²) in [5.74, 6) is -2.07. The molecule has 14 nitrogen and oxygen atoms in total. The van der Waals surface area contributed by atoms with Gasteiger partial charge in [0.15, 0.2) is 5.78 Å². The van der Waals surface area contributed by atoms with Gasteiger partial charge in [-0.15, -0.1) is 0 Å². The van der Waals surface area contributed by atoms with Gasteiger partial charge in [0.2, 0.25) is 11.8 Å². The first-order chi connectivity index (χ1) is 20.2. The van der Waals surface area contributed by atoms with Gasteiger partial charge in [-0.25, -0.2) is 14.4 Å². The molecule has 1 unspecified atom stereocenters. The number of rotatable bonds is 18. The average molecular weight is 605 g/mol. The Labute approximate surface area is 251 Å². The smallest absolute Gasteiger partial charge is 0.408 e. The second-order valence-corrected chi connectivity index (χ2v) is 10.4. The number of anilines is 1. The minimum absolute atomic E-state index is 0.00580. The minimum atomic E-state index is -1.08. The molecule has 0 aliphatic rings. The lowest BCUT2D eigenvalue weighted by Crippen LogP contribution is -2.51. The van der Waals surface area contributed by atoms with Crippen molar-refractivity contribution in [2.24, 2.45) is 17.4 Å². The van der Waals surface area contributed by atoms with Gasteiger partial charge < -0.3 is 42.2 Å². The summed E-state index contributed by atoms with van der Waals surface area (Å²) >= 11 is 0. The summed E-state index contributed by atoms with van der Waals surface area (Å²) in [6, 6.07) is 2.92. The zero-order chi connectivity index (χ0) is 32.5. The van der Waals surface area contributed by atoms with Crippen LogP contribution in [-0.4, -0.2) is 66.5 Å². The Balaban J connectivity index is 2.77. The number of carbonyl (C=O) groups is 6. The van der Waals surface area contributed by atoms with Crippen molar-refractivity contribution in [3.8, 4) is 0 Å². The first-order valence-corrected chi connectivity index (χ1v) is 14.0. The van der Waals surface area contributed by atoms with E-state index in [2.05, 4.69) is 27.8 Å². The molecule has 0 aromatic heterocycles. The van der Waals surface area contributed by atoms with E-state index in [0.717, 1.165) is 6.08 Å². The van der Waals surface area contributed by atoms with Crippen molar-refractivity contribution >= 4 is 41.4 Å². The number of amides is 5. The highest BCUT2D eigenvalue weighted by Crippen LogP contribution is 2.13. The zero-order valence-electron chi connectivity index (χ0n) is 25.1. The molecule has 3 atom stereocenters. The highest BCUT2D eigenvalue weighted by Gasteiger charge is 2.26. The van der Waals surface area contributed by atoms with Gasteiger partial charge in [0, 0.05) is 18.7 Å². The molecule has 0 heterocycles. The highest BCUT2D eigenvalue weighted by molar-refractivity contribution is 5.97. The Bertz CT molecular complexity index is 1120. The van der Waals surface area contributed by atoms with E-state index in [9.17, 15) is 28.8 Å². The van der Waals surface area contributed by atoms with Gasteiger partial charge in [-0.3, -0.25) is 14.4 Å². The monoisotopic (exact) mass is 604 g/mol. The lowest BCUT2D eigenvalue weighted by molar-refractivity contribution is -0.150. The molecule has 43 heavy (non-hydrogen) atoms. The number of ether oxygens (including phenoxy) is 2. The molecule has 0 aliphatic heterocycles. The van der Waals surface area contributed by atoms with Crippen LogP contribution in [0.15, 0.2) is 36.9 Å². The number of hydrogen-bond donors (Lipinski definition) is 6. The third-order valence-corrected chi connectivity index (χ3v) is 6.05. The summed E-state index contributed by atoms with van der Waals surface area (Å²) in [4.78, 5) is 72.7. The van der Waals surface area contributed by atoms with Crippen LogP contribution in [0.4, 0.5) is 15.3 Å². The second-order valence-electron chi connectivity index (χ2n) is 10.4. The quantitative estimate of drug-likeness (QED) is 0.0813. The molecule has 14 heteroatoms. The summed E-state index contributed by atoms with van der Waals surface area (Å²) in [5, 5.41) is 10.3. The summed E-state index contributed by atoms with van der Waals surface area (Å²) < 4.78 is 10.4. The maximum absolute atomic E-state index is 13.0. The largest absolute Gasteiger partial charge is 0.461 e. The number of esters is 1. The predicted molar refractivity (Wildman–Crippen MR) is 159 cm³/mol. The molecule has 1 rings (SSSR count). The Morgan fingerprint density at radius 1 is 0.930 bits per heavy atom. The van der Waals surface area contributed by atoms with E-state index in [0.29, 0.717) is 17.7 Å². The van der Waals surface area contributed by atoms with E-state index in [1.54, 1.807) is 52.0 Å². The van der Waals surface area contributed by atoms with Crippen molar-refractivity contribution < 1.29 is 38.2 Å². The maximum atomic E-state index is 13.0. The molecule has 0 aliphatic carbocycles. The summed E-state index contributed by atoms with van der Waals surface area (Å²) in [6.07, 6.45) is 0.454. The number of nitrogens with two attached hydrogens (primary N) is 2. The van der Waals surface area contributed by atoms with Crippen molar-refractivity contribution in [2.75, 3.05) is 11.9 Å². The molecule has 0 saturated heterocycles. The molecule has 0 bridgehead atoms. The number of allylic oxidation sites excluding steroid dienone is 1. The summed E-state index contributed by atoms with van der Waals surface area (Å²) in [7, 11) is 0. The van der Waals surface area contributed by atoms with Crippen LogP contribution in [0.3, 0.4) is 0 Å². The van der Waals surface area contributed by atoms with E-state index in [4.69, 9.17) is 20.9 Å². The third-order valence-electron chi connectivity index (χ3n) is 6.05. The lowest BCUT2D eigenvalue weighted by Gasteiger charge is -2.22. The van der Waals surface area contributed by atoms with E-state index in [-0.39, 0.29) is 44.1 Å². The number of hydrogen-bond acceptors (Lipinski definition) is 9. The van der Waals surface area contributed by atoms with E-state index >= 15 is 0 Å². The third kappa shape index (κ3) is 14.8. The van der Waals surface area contributed by atoms with Crippen LogP contribution in [0, 0.1) is 5.92 Å². The average Bonchev–Trinajstić information content (AvgIpc) is 2.94. The normalized spacial score (nSPS) is 12.8.